The number of benzene rings is 2. The zero-order valence-electron chi connectivity index (χ0n) is 14.0. The van der Waals surface area contributed by atoms with Crippen molar-refractivity contribution in [1.29, 1.82) is 0 Å². The van der Waals surface area contributed by atoms with Gasteiger partial charge < -0.3 is 14.4 Å². The highest BCUT2D eigenvalue weighted by Crippen LogP contribution is 2.39. The van der Waals surface area contributed by atoms with Crippen LogP contribution in [-0.2, 0) is 0 Å². The van der Waals surface area contributed by atoms with Crippen molar-refractivity contribution in [3.8, 4) is 11.5 Å². The van der Waals surface area contributed by atoms with Crippen molar-refractivity contribution < 1.29 is 9.47 Å². The van der Waals surface area contributed by atoms with Crippen molar-refractivity contribution in [1.82, 2.24) is 0 Å². The third-order valence-corrected chi connectivity index (χ3v) is 4.06. The van der Waals surface area contributed by atoms with Crippen molar-refractivity contribution in [2.45, 2.75) is 0 Å². The van der Waals surface area contributed by atoms with Crippen LogP contribution in [0.2, 0.25) is 0 Å². The van der Waals surface area contributed by atoms with Gasteiger partial charge in [-0.1, -0.05) is 12.1 Å². The number of methoxy groups -OCH3 is 2. The molecule has 3 rings (SSSR count). The van der Waals surface area contributed by atoms with Crippen molar-refractivity contribution in [2.75, 3.05) is 33.2 Å². The van der Waals surface area contributed by atoms with Crippen molar-refractivity contribution in [2.24, 2.45) is 0 Å². The van der Waals surface area contributed by atoms with Gasteiger partial charge in [-0.25, -0.2) is 0 Å². The van der Waals surface area contributed by atoms with Gasteiger partial charge in [-0.3, -0.25) is 0 Å². The van der Waals surface area contributed by atoms with Gasteiger partial charge >= 0.3 is 0 Å². The summed E-state index contributed by atoms with van der Waals surface area (Å²) in [5.74, 6) is 1.77. The van der Waals surface area contributed by atoms with Crippen LogP contribution in [0.1, 0.15) is 11.1 Å². The number of nitrogens with zero attached hydrogens (tertiary/aromatic N) is 1. The first-order chi connectivity index (χ1) is 11.1. The quantitative estimate of drug-likeness (QED) is 0.824. The third-order valence-electron chi connectivity index (χ3n) is 4.06. The highest BCUT2D eigenvalue weighted by atomic mass is 16.5. The molecule has 0 N–H and O–H groups in total. The third kappa shape index (κ3) is 2.95. The monoisotopic (exact) mass is 307 g/mol. The predicted molar refractivity (Wildman–Crippen MR) is 96.3 cm³/mol. The second-order valence-corrected chi connectivity index (χ2v) is 5.71. The smallest absolute Gasteiger partial charge is 0.128 e. The molecular weight excluding hydrogens is 286 g/mol. The Morgan fingerprint density at radius 3 is 2.04 bits per heavy atom. The van der Waals surface area contributed by atoms with Crippen molar-refractivity contribution in [3.05, 3.63) is 65.7 Å². The van der Waals surface area contributed by atoms with E-state index in [2.05, 4.69) is 47.4 Å². The van der Waals surface area contributed by atoms with E-state index >= 15 is 0 Å². The molecule has 0 fully saturated rings. The molecule has 0 radical (unpaired) electrons. The standard InChI is InChI=1S/C20H21NO2/c1-21(2)17-7-10-19(20(13-17)23-4)16-11-15(12-16)14-5-8-18(22-3)9-6-14/h5-13H,1-4H3. The Hall–Kier alpha value is -2.68. The molecule has 0 amide bonds. The number of hydrogen-bond donors (Lipinski definition) is 0. The summed E-state index contributed by atoms with van der Waals surface area (Å²) in [6.45, 7) is 0. The van der Waals surface area contributed by atoms with Crippen LogP contribution in [0, 0.1) is 0 Å². The van der Waals surface area contributed by atoms with E-state index in [1.807, 2.05) is 26.2 Å². The minimum atomic E-state index is 0.874. The van der Waals surface area contributed by atoms with Crippen LogP contribution in [0.15, 0.2) is 54.6 Å². The molecule has 0 aliphatic heterocycles. The number of hydrogen-bond acceptors (Lipinski definition) is 3. The largest absolute Gasteiger partial charge is 0.497 e. The topological polar surface area (TPSA) is 21.7 Å². The SMILES string of the molecule is COc1ccc(C2=CC(c3ccc(N(C)C)cc3OC)=C2)cc1. The molecule has 0 atom stereocenters. The van der Waals surface area contributed by atoms with Gasteiger partial charge in [0.05, 0.1) is 14.2 Å². The van der Waals surface area contributed by atoms with Gasteiger partial charge in [-0.05, 0) is 53.1 Å². The van der Waals surface area contributed by atoms with E-state index in [0.717, 1.165) is 22.7 Å². The lowest BCUT2D eigenvalue weighted by Gasteiger charge is -2.20. The first-order valence-electron chi connectivity index (χ1n) is 7.56. The first-order valence-corrected chi connectivity index (χ1v) is 7.56. The average molecular weight is 307 g/mol. The Balaban J connectivity index is 1.82. The molecule has 2 aromatic rings. The molecule has 3 heteroatoms. The van der Waals surface area contributed by atoms with Crippen molar-refractivity contribution >= 4 is 16.8 Å². The maximum absolute atomic E-state index is 5.55. The van der Waals surface area contributed by atoms with Gasteiger partial charge in [0.15, 0.2) is 0 Å². The Morgan fingerprint density at radius 1 is 0.783 bits per heavy atom. The maximum atomic E-state index is 5.55. The van der Waals surface area contributed by atoms with Gasteiger partial charge in [0.25, 0.3) is 0 Å². The molecule has 0 saturated heterocycles. The summed E-state index contributed by atoms with van der Waals surface area (Å²) in [5.41, 5.74) is 5.86. The van der Waals surface area contributed by atoms with Gasteiger partial charge in [-0.2, -0.15) is 0 Å². The zero-order chi connectivity index (χ0) is 16.4. The molecular formula is C20H21NO2. The first kappa shape index (κ1) is 15.2. The van der Waals surface area contributed by atoms with E-state index in [1.165, 1.54) is 16.7 Å². The lowest BCUT2D eigenvalue weighted by Crippen LogP contribution is -2.09. The molecule has 0 spiro atoms. The van der Waals surface area contributed by atoms with Gasteiger partial charge in [0.1, 0.15) is 11.5 Å². The fourth-order valence-corrected chi connectivity index (χ4v) is 2.62. The number of ether oxygens (including phenoxy) is 2. The van der Waals surface area contributed by atoms with E-state index in [-0.39, 0.29) is 0 Å². The van der Waals surface area contributed by atoms with Gasteiger partial charge in [0.2, 0.25) is 0 Å². The summed E-state index contributed by atoms with van der Waals surface area (Å²) in [6.07, 6.45) is 4.38. The number of anilines is 1. The van der Waals surface area contributed by atoms with Crippen LogP contribution >= 0.6 is 0 Å². The van der Waals surface area contributed by atoms with Crippen molar-refractivity contribution in [3.63, 3.8) is 0 Å². The molecule has 0 bridgehead atoms. The Bertz CT molecular complexity index is 771. The molecule has 2 aromatic carbocycles. The number of allylic oxidation sites excluding steroid dienone is 4. The molecule has 1 aliphatic rings. The molecule has 0 unspecified atom stereocenters. The lowest BCUT2D eigenvalue weighted by atomic mass is 9.88. The summed E-state index contributed by atoms with van der Waals surface area (Å²) in [4.78, 5) is 2.07. The van der Waals surface area contributed by atoms with Crippen LogP contribution in [0.5, 0.6) is 11.5 Å². The molecule has 118 valence electrons. The van der Waals surface area contributed by atoms with Crippen LogP contribution in [0.4, 0.5) is 5.69 Å². The molecule has 0 aromatic heterocycles. The zero-order valence-corrected chi connectivity index (χ0v) is 14.0. The second kappa shape index (κ2) is 6.21. The summed E-state index contributed by atoms with van der Waals surface area (Å²) >= 11 is 0. The minimum Gasteiger partial charge on any atom is -0.497 e. The molecule has 23 heavy (non-hydrogen) atoms. The maximum Gasteiger partial charge on any atom is 0.128 e. The van der Waals surface area contributed by atoms with Crippen LogP contribution < -0.4 is 14.4 Å². The Morgan fingerprint density at radius 2 is 1.48 bits per heavy atom. The lowest BCUT2D eigenvalue weighted by molar-refractivity contribution is 0.413. The fraction of sp³-hybridized carbons (Fsp3) is 0.200. The van der Waals surface area contributed by atoms with E-state index in [0.29, 0.717) is 0 Å². The fourth-order valence-electron chi connectivity index (χ4n) is 2.62. The highest BCUT2D eigenvalue weighted by molar-refractivity contribution is 6.02. The van der Waals surface area contributed by atoms with E-state index in [1.54, 1.807) is 14.2 Å². The Labute approximate surface area is 137 Å². The van der Waals surface area contributed by atoms with E-state index < -0.39 is 0 Å². The normalized spacial score (nSPS) is 12.9. The second-order valence-electron chi connectivity index (χ2n) is 5.71. The van der Waals surface area contributed by atoms with Crippen LogP contribution in [-0.4, -0.2) is 28.3 Å². The van der Waals surface area contributed by atoms with E-state index in [9.17, 15) is 0 Å². The van der Waals surface area contributed by atoms with E-state index in [4.69, 9.17) is 9.47 Å². The average Bonchev–Trinajstić information content (AvgIpc) is 2.54. The molecule has 0 saturated carbocycles. The number of rotatable bonds is 5. The van der Waals surface area contributed by atoms with Gasteiger partial charge in [-0.15, -0.1) is 0 Å². The predicted octanol–water partition coefficient (Wildman–Crippen LogP) is 4.25. The molecule has 3 nitrogen and oxygen atoms in total. The molecule has 1 aliphatic carbocycles. The molecule has 0 heterocycles. The Kier molecular flexibility index (Phi) is 4.11. The summed E-state index contributed by atoms with van der Waals surface area (Å²) in [6, 6.07) is 14.4. The summed E-state index contributed by atoms with van der Waals surface area (Å²) in [7, 11) is 7.45. The summed E-state index contributed by atoms with van der Waals surface area (Å²) in [5, 5.41) is 0. The summed E-state index contributed by atoms with van der Waals surface area (Å²) < 4.78 is 10.7. The van der Waals surface area contributed by atoms with Crippen LogP contribution in [0.25, 0.3) is 11.1 Å². The van der Waals surface area contributed by atoms with Gasteiger partial charge in [0, 0.05) is 31.4 Å². The van der Waals surface area contributed by atoms with Crippen LogP contribution in [0.3, 0.4) is 0 Å². The minimum absolute atomic E-state index is 0.874. The highest BCUT2D eigenvalue weighted by Gasteiger charge is 2.16.